The summed E-state index contributed by atoms with van der Waals surface area (Å²) in [6.45, 7) is -0.436. The number of nitrogens with one attached hydrogen (secondary N) is 1. The second-order valence-electron chi connectivity index (χ2n) is 5.70. The quantitative estimate of drug-likeness (QED) is 0.510. The van der Waals surface area contributed by atoms with E-state index in [0.29, 0.717) is 34.2 Å². The summed E-state index contributed by atoms with van der Waals surface area (Å²) in [7, 11) is 6.08. The second-order valence-corrected chi connectivity index (χ2v) is 5.70. The molecule has 0 atom stereocenters. The lowest BCUT2D eigenvalue weighted by molar-refractivity contribution is -0.142. The number of rotatable bonds is 9. The number of carbonyl (C=O) groups is 2. The molecule has 29 heavy (non-hydrogen) atoms. The van der Waals surface area contributed by atoms with E-state index in [2.05, 4.69) is 5.32 Å². The SMILES string of the molecule is COc1cc(NC(=O)COC(=O)/C=C/c2ccc(OC)c(OC)c2)cc(OC)c1. The lowest BCUT2D eigenvalue weighted by Crippen LogP contribution is -2.20. The highest BCUT2D eigenvalue weighted by atomic mass is 16.5. The van der Waals surface area contributed by atoms with Crippen molar-refractivity contribution in [2.45, 2.75) is 0 Å². The van der Waals surface area contributed by atoms with Crippen molar-refractivity contribution < 1.29 is 33.3 Å². The number of esters is 1. The Labute approximate surface area is 169 Å². The zero-order valence-corrected chi connectivity index (χ0v) is 16.7. The van der Waals surface area contributed by atoms with Gasteiger partial charge in [-0.15, -0.1) is 0 Å². The zero-order chi connectivity index (χ0) is 21.2. The minimum atomic E-state index is -0.654. The van der Waals surface area contributed by atoms with Crippen molar-refractivity contribution in [1.82, 2.24) is 0 Å². The molecular formula is C21H23NO7. The van der Waals surface area contributed by atoms with Crippen molar-refractivity contribution in [2.24, 2.45) is 0 Å². The number of hydrogen-bond acceptors (Lipinski definition) is 7. The summed E-state index contributed by atoms with van der Waals surface area (Å²) in [6.07, 6.45) is 2.78. The van der Waals surface area contributed by atoms with E-state index in [4.69, 9.17) is 23.7 Å². The van der Waals surface area contributed by atoms with E-state index >= 15 is 0 Å². The molecule has 0 heterocycles. The topological polar surface area (TPSA) is 92.3 Å². The number of benzene rings is 2. The average Bonchev–Trinajstić information content (AvgIpc) is 2.75. The van der Waals surface area contributed by atoms with Gasteiger partial charge in [-0.3, -0.25) is 4.79 Å². The van der Waals surface area contributed by atoms with E-state index in [1.165, 1.54) is 34.5 Å². The van der Waals surface area contributed by atoms with Gasteiger partial charge < -0.3 is 29.0 Å². The molecule has 154 valence electrons. The first-order valence-electron chi connectivity index (χ1n) is 8.58. The molecule has 0 spiro atoms. The molecule has 8 heteroatoms. The number of anilines is 1. The van der Waals surface area contributed by atoms with E-state index in [0.717, 1.165) is 0 Å². The predicted molar refractivity (Wildman–Crippen MR) is 108 cm³/mol. The van der Waals surface area contributed by atoms with Crippen molar-refractivity contribution in [2.75, 3.05) is 40.4 Å². The lowest BCUT2D eigenvalue weighted by atomic mass is 10.2. The largest absolute Gasteiger partial charge is 0.497 e. The smallest absolute Gasteiger partial charge is 0.331 e. The van der Waals surface area contributed by atoms with Gasteiger partial charge >= 0.3 is 5.97 Å². The average molecular weight is 401 g/mol. The third-order valence-corrected chi connectivity index (χ3v) is 3.80. The molecule has 2 aromatic rings. The summed E-state index contributed by atoms with van der Waals surface area (Å²) in [5.41, 5.74) is 1.18. The van der Waals surface area contributed by atoms with Crippen LogP contribution in [0.2, 0.25) is 0 Å². The van der Waals surface area contributed by atoms with E-state index in [9.17, 15) is 9.59 Å². The van der Waals surface area contributed by atoms with Gasteiger partial charge in [0.05, 0.1) is 28.4 Å². The molecule has 0 fully saturated rings. The van der Waals surface area contributed by atoms with Crippen molar-refractivity contribution >= 4 is 23.6 Å². The third-order valence-electron chi connectivity index (χ3n) is 3.80. The molecule has 8 nitrogen and oxygen atoms in total. The highest BCUT2D eigenvalue weighted by molar-refractivity contribution is 5.95. The van der Waals surface area contributed by atoms with Crippen LogP contribution < -0.4 is 24.3 Å². The molecule has 1 N–H and O–H groups in total. The predicted octanol–water partition coefficient (Wildman–Crippen LogP) is 2.92. The van der Waals surface area contributed by atoms with E-state index in [1.807, 2.05) is 0 Å². The number of amides is 1. The molecule has 2 aromatic carbocycles. The molecule has 0 aliphatic carbocycles. The van der Waals surface area contributed by atoms with Crippen LogP contribution in [0.25, 0.3) is 6.08 Å². The van der Waals surface area contributed by atoms with Gasteiger partial charge in [0.25, 0.3) is 5.91 Å². The van der Waals surface area contributed by atoms with Crippen molar-refractivity contribution in [1.29, 1.82) is 0 Å². The minimum absolute atomic E-state index is 0.436. The van der Waals surface area contributed by atoms with Gasteiger partial charge in [-0.05, 0) is 23.8 Å². The van der Waals surface area contributed by atoms with Gasteiger partial charge in [-0.1, -0.05) is 6.07 Å². The molecule has 0 bridgehead atoms. The van der Waals surface area contributed by atoms with E-state index in [-0.39, 0.29) is 0 Å². The highest BCUT2D eigenvalue weighted by Crippen LogP contribution is 2.28. The molecular weight excluding hydrogens is 378 g/mol. The number of hydrogen-bond donors (Lipinski definition) is 1. The molecule has 0 aliphatic rings. The van der Waals surface area contributed by atoms with Crippen LogP contribution in [0.1, 0.15) is 5.56 Å². The lowest BCUT2D eigenvalue weighted by Gasteiger charge is -2.10. The molecule has 0 saturated heterocycles. The van der Waals surface area contributed by atoms with Crippen LogP contribution in [0.5, 0.6) is 23.0 Å². The molecule has 0 aromatic heterocycles. The Morgan fingerprint density at radius 3 is 2.10 bits per heavy atom. The number of methoxy groups -OCH3 is 4. The summed E-state index contributed by atoms with van der Waals surface area (Å²) >= 11 is 0. The highest BCUT2D eigenvalue weighted by Gasteiger charge is 2.09. The maximum absolute atomic E-state index is 12.0. The van der Waals surface area contributed by atoms with Gasteiger partial charge in [0.2, 0.25) is 0 Å². The standard InChI is InChI=1S/C21H23NO7/c1-25-16-10-15(11-17(12-16)26-2)22-20(23)13-29-21(24)8-6-14-5-7-18(27-3)19(9-14)28-4/h5-12H,13H2,1-4H3,(H,22,23)/b8-6+. The normalized spacial score (nSPS) is 10.3. The summed E-state index contributed by atoms with van der Waals surface area (Å²) in [5.74, 6) is 1.02. The molecule has 2 rings (SSSR count). The summed E-state index contributed by atoms with van der Waals surface area (Å²) < 4.78 is 25.6. The van der Waals surface area contributed by atoms with Gasteiger partial charge in [-0.25, -0.2) is 4.79 Å². The first-order valence-corrected chi connectivity index (χ1v) is 8.58. The molecule has 0 aliphatic heterocycles. The van der Waals surface area contributed by atoms with Crippen LogP contribution >= 0.6 is 0 Å². The zero-order valence-electron chi connectivity index (χ0n) is 16.7. The Hall–Kier alpha value is -3.68. The fourth-order valence-corrected chi connectivity index (χ4v) is 2.38. The molecule has 0 saturated carbocycles. The third kappa shape index (κ3) is 6.46. The fraction of sp³-hybridized carbons (Fsp3) is 0.238. The first kappa shape index (κ1) is 21.6. The Morgan fingerprint density at radius 1 is 0.862 bits per heavy atom. The molecule has 1 amide bonds. The van der Waals surface area contributed by atoms with Crippen molar-refractivity contribution in [3.63, 3.8) is 0 Å². The second kappa shape index (κ2) is 10.6. The van der Waals surface area contributed by atoms with Gasteiger partial charge in [0.1, 0.15) is 11.5 Å². The first-order chi connectivity index (χ1) is 14.0. The maximum Gasteiger partial charge on any atom is 0.331 e. The summed E-state index contributed by atoms with van der Waals surface area (Å²) in [5, 5.41) is 2.62. The van der Waals surface area contributed by atoms with Crippen LogP contribution in [0.3, 0.4) is 0 Å². The molecule has 0 radical (unpaired) electrons. The minimum Gasteiger partial charge on any atom is -0.497 e. The fourth-order valence-electron chi connectivity index (χ4n) is 2.38. The van der Waals surface area contributed by atoms with Gasteiger partial charge in [0.15, 0.2) is 18.1 Å². The Balaban J connectivity index is 1.90. The monoisotopic (exact) mass is 401 g/mol. The van der Waals surface area contributed by atoms with Crippen LogP contribution in [-0.2, 0) is 14.3 Å². The molecule has 0 unspecified atom stereocenters. The van der Waals surface area contributed by atoms with Gasteiger partial charge in [-0.2, -0.15) is 0 Å². The summed E-state index contributed by atoms with van der Waals surface area (Å²) in [6, 6.07) is 10.1. The van der Waals surface area contributed by atoms with Crippen molar-refractivity contribution in [3.05, 3.63) is 48.0 Å². The van der Waals surface area contributed by atoms with Crippen LogP contribution in [0, 0.1) is 0 Å². The number of carbonyl (C=O) groups excluding carboxylic acids is 2. The Kier molecular flexibility index (Phi) is 7.90. The van der Waals surface area contributed by atoms with E-state index in [1.54, 1.807) is 42.5 Å². The Bertz CT molecular complexity index is 870. The Morgan fingerprint density at radius 2 is 1.52 bits per heavy atom. The number of ether oxygens (including phenoxy) is 5. The van der Waals surface area contributed by atoms with E-state index < -0.39 is 18.5 Å². The van der Waals surface area contributed by atoms with Crippen LogP contribution in [0.15, 0.2) is 42.5 Å². The summed E-state index contributed by atoms with van der Waals surface area (Å²) in [4.78, 5) is 23.9. The van der Waals surface area contributed by atoms with Gasteiger partial charge in [0, 0.05) is 30.0 Å². The van der Waals surface area contributed by atoms with Crippen molar-refractivity contribution in [3.8, 4) is 23.0 Å². The van der Waals surface area contributed by atoms with Crippen LogP contribution in [-0.4, -0.2) is 46.9 Å². The van der Waals surface area contributed by atoms with Crippen LogP contribution in [0.4, 0.5) is 5.69 Å². The maximum atomic E-state index is 12.0.